The normalized spacial score (nSPS) is 21.2. The zero-order valence-corrected chi connectivity index (χ0v) is 17.0. The fraction of sp³-hybridized carbons (Fsp3) is 0.524. The van der Waals surface area contributed by atoms with Crippen molar-refractivity contribution in [2.24, 2.45) is 0 Å². The van der Waals surface area contributed by atoms with E-state index in [1.54, 1.807) is 7.11 Å². The van der Waals surface area contributed by atoms with E-state index in [-0.39, 0.29) is 22.8 Å². The van der Waals surface area contributed by atoms with E-state index in [1.165, 1.54) is 31.0 Å². The summed E-state index contributed by atoms with van der Waals surface area (Å²) in [6.45, 7) is 0. The molecule has 1 fully saturated rings. The van der Waals surface area contributed by atoms with Crippen LogP contribution in [0.1, 0.15) is 67.4 Å². The molecule has 0 radical (unpaired) electrons. The van der Waals surface area contributed by atoms with Crippen LogP contribution in [0.25, 0.3) is 0 Å². The number of carbonyl (C=O) groups excluding carboxylic acids is 1. The van der Waals surface area contributed by atoms with Gasteiger partial charge < -0.3 is 10.1 Å². The molecule has 1 aliphatic carbocycles. The summed E-state index contributed by atoms with van der Waals surface area (Å²) in [5, 5.41) is 5.82. The topological polar surface area (TPSA) is 76.1 Å². The molecule has 1 atom stereocenters. The van der Waals surface area contributed by atoms with Crippen molar-refractivity contribution in [1.29, 1.82) is 0 Å². The maximum absolute atomic E-state index is 13.0. The van der Waals surface area contributed by atoms with Crippen LogP contribution in [0.3, 0.4) is 0 Å². The number of ether oxygens (including phenoxy) is 1. The first kappa shape index (κ1) is 19.2. The van der Waals surface area contributed by atoms with Crippen LogP contribution in [0.4, 0.5) is 5.82 Å². The molecule has 2 aromatic rings. The van der Waals surface area contributed by atoms with Gasteiger partial charge in [0.15, 0.2) is 0 Å². The molecular formula is C21H27N3O3S. The molecule has 1 aliphatic heterocycles. The molecule has 2 aliphatic rings. The van der Waals surface area contributed by atoms with Crippen LogP contribution < -0.4 is 15.6 Å². The van der Waals surface area contributed by atoms with Crippen LogP contribution in [0.5, 0.6) is 5.75 Å². The van der Waals surface area contributed by atoms with E-state index >= 15 is 0 Å². The Hall–Kier alpha value is -2.15. The van der Waals surface area contributed by atoms with Gasteiger partial charge in [-0.15, -0.1) is 11.8 Å². The van der Waals surface area contributed by atoms with E-state index in [2.05, 4.69) is 10.4 Å². The third-order valence-corrected chi connectivity index (χ3v) is 6.98. The van der Waals surface area contributed by atoms with E-state index in [1.807, 2.05) is 28.9 Å². The molecule has 2 N–H and O–H groups in total. The van der Waals surface area contributed by atoms with Gasteiger partial charge in [0.1, 0.15) is 11.6 Å². The molecular weight excluding hydrogens is 374 g/mol. The Morgan fingerprint density at radius 3 is 2.54 bits per heavy atom. The first-order valence-electron chi connectivity index (χ1n) is 10.1. The number of nitrogens with zero attached hydrogens (tertiary/aromatic N) is 1. The van der Waals surface area contributed by atoms with Crippen LogP contribution in [0, 0.1) is 0 Å². The highest BCUT2D eigenvalue weighted by Crippen LogP contribution is 2.44. The zero-order chi connectivity index (χ0) is 19.5. The molecule has 0 bridgehead atoms. The largest absolute Gasteiger partial charge is 0.496 e. The lowest BCUT2D eigenvalue weighted by molar-refractivity contribution is -0.113. The number of aromatic amines is 1. The minimum absolute atomic E-state index is 0.0674. The summed E-state index contributed by atoms with van der Waals surface area (Å²) in [6.07, 6.45) is 8.11. The molecule has 1 saturated carbocycles. The highest BCUT2D eigenvalue weighted by atomic mass is 32.2. The number of carbonyl (C=O) groups is 1. The Labute approximate surface area is 169 Å². The van der Waals surface area contributed by atoms with Gasteiger partial charge in [0.05, 0.1) is 29.7 Å². The predicted molar refractivity (Wildman–Crippen MR) is 112 cm³/mol. The number of anilines is 1. The number of benzene rings is 1. The Morgan fingerprint density at radius 1 is 1.07 bits per heavy atom. The van der Waals surface area contributed by atoms with Gasteiger partial charge in [0, 0.05) is 5.56 Å². The van der Waals surface area contributed by atoms with E-state index in [0.717, 1.165) is 37.0 Å². The summed E-state index contributed by atoms with van der Waals surface area (Å²) in [4.78, 5) is 25.5. The average Bonchev–Trinajstić information content (AvgIpc) is 2.87. The van der Waals surface area contributed by atoms with Crippen molar-refractivity contribution < 1.29 is 9.53 Å². The van der Waals surface area contributed by atoms with Gasteiger partial charge in [0.25, 0.3) is 5.56 Å². The number of amides is 1. The summed E-state index contributed by atoms with van der Waals surface area (Å²) in [5.74, 6) is 1.61. The molecule has 4 rings (SSSR count). The van der Waals surface area contributed by atoms with Crippen LogP contribution in [0.2, 0.25) is 0 Å². The molecule has 1 amide bonds. The second kappa shape index (κ2) is 8.47. The number of hydrogen-bond donors (Lipinski definition) is 2. The zero-order valence-electron chi connectivity index (χ0n) is 16.2. The molecule has 1 aromatic heterocycles. The highest BCUT2D eigenvalue weighted by molar-refractivity contribution is 8.00. The second-order valence-electron chi connectivity index (χ2n) is 7.55. The van der Waals surface area contributed by atoms with Crippen molar-refractivity contribution in [3.63, 3.8) is 0 Å². The summed E-state index contributed by atoms with van der Waals surface area (Å²) < 4.78 is 7.48. The van der Waals surface area contributed by atoms with Gasteiger partial charge in [-0.25, -0.2) is 0 Å². The second-order valence-corrected chi connectivity index (χ2v) is 8.65. The minimum Gasteiger partial charge on any atom is -0.496 e. The summed E-state index contributed by atoms with van der Waals surface area (Å²) >= 11 is 1.47. The standard InChI is InChI=1S/C21H27N3O3S/c1-27-16-12-8-7-11-15(16)19-18-20(22-17(25)13-28-19)24(23-21(18)26)14-9-5-3-2-4-6-10-14/h7-8,11-12,14,19H,2-6,9-10,13H2,1H3,(H,22,25)(H,23,26)/t19-/m1/s1. The molecule has 6 nitrogen and oxygen atoms in total. The van der Waals surface area contributed by atoms with Crippen molar-refractivity contribution >= 4 is 23.5 Å². The third kappa shape index (κ3) is 3.72. The number of methoxy groups -OCH3 is 1. The first-order valence-corrected chi connectivity index (χ1v) is 11.1. The summed E-state index contributed by atoms with van der Waals surface area (Å²) in [6, 6.07) is 7.95. The smallest absolute Gasteiger partial charge is 0.270 e. The fourth-order valence-electron chi connectivity index (χ4n) is 4.34. The van der Waals surface area contributed by atoms with Crippen molar-refractivity contribution in [2.75, 3.05) is 18.2 Å². The number of nitrogens with one attached hydrogen (secondary N) is 2. The van der Waals surface area contributed by atoms with Crippen LogP contribution in [-0.2, 0) is 4.79 Å². The monoisotopic (exact) mass is 401 g/mol. The van der Waals surface area contributed by atoms with Crippen molar-refractivity contribution in [3.05, 3.63) is 45.7 Å². The minimum atomic E-state index is -0.247. The number of thioether (sulfide) groups is 1. The van der Waals surface area contributed by atoms with E-state index < -0.39 is 0 Å². The van der Waals surface area contributed by atoms with Crippen LogP contribution in [0.15, 0.2) is 29.1 Å². The lowest BCUT2D eigenvalue weighted by atomic mass is 9.96. The van der Waals surface area contributed by atoms with Gasteiger partial charge in [-0.3, -0.25) is 19.4 Å². The van der Waals surface area contributed by atoms with Crippen LogP contribution in [-0.4, -0.2) is 28.6 Å². The van der Waals surface area contributed by atoms with Gasteiger partial charge in [-0.2, -0.15) is 0 Å². The number of para-hydroxylation sites is 1. The van der Waals surface area contributed by atoms with Crippen molar-refractivity contribution in [3.8, 4) is 5.75 Å². The van der Waals surface area contributed by atoms with E-state index in [4.69, 9.17) is 4.74 Å². The Bertz CT molecular complexity index is 897. The molecule has 0 saturated heterocycles. The van der Waals surface area contributed by atoms with Gasteiger partial charge >= 0.3 is 0 Å². The number of hydrogen-bond acceptors (Lipinski definition) is 4. The Morgan fingerprint density at radius 2 is 1.79 bits per heavy atom. The number of aromatic nitrogens is 2. The summed E-state index contributed by atoms with van der Waals surface area (Å²) in [7, 11) is 1.63. The molecule has 0 spiro atoms. The number of fused-ring (bicyclic) bond motifs is 1. The van der Waals surface area contributed by atoms with E-state index in [0.29, 0.717) is 17.1 Å². The summed E-state index contributed by atoms with van der Waals surface area (Å²) in [5.41, 5.74) is 1.43. The molecule has 0 unspecified atom stereocenters. The maximum Gasteiger partial charge on any atom is 0.270 e. The number of rotatable bonds is 3. The quantitative estimate of drug-likeness (QED) is 0.806. The highest BCUT2D eigenvalue weighted by Gasteiger charge is 2.33. The predicted octanol–water partition coefficient (Wildman–Crippen LogP) is 4.25. The Balaban J connectivity index is 1.80. The molecule has 150 valence electrons. The molecule has 7 heteroatoms. The molecule has 28 heavy (non-hydrogen) atoms. The fourth-order valence-corrected chi connectivity index (χ4v) is 5.49. The molecule has 1 aromatic carbocycles. The SMILES string of the molecule is COc1ccccc1[C@H]1SCC(=O)Nc2c1c(=O)[nH]n2C1CCCCCCC1. The van der Waals surface area contributed by atoms with Gasteiger partial charge in [-0.1, -0.05) is 50.3 Å². The maximum atomic E-state index is 13.0. The lowest BCUT2D eigenvalue weighted by Gasteiger charge is -2.23. The van der Waals surface area contributed by atoms with Crippen molar-refractivity contribution in [2.45, 2.75) is 56.2 Å². The van der Waals surface area contributed by atoms with Crippen LogP contribution >= 0.6 is 11.8 Å². The van der Waals surface area contributed by atoms with E-state index in [9.17, 15) is 9.59 Å². The first-order chi connectivity index (χ1) is 13.7. The molecule has 2 heterocycles. The van der Waals surface area contributed by atoms with Gasteiger partial charge in [0.2, 0.25) is 5.91 Å². The Kier molecular flexibility index (Phi) is 5.80. The third-order valence-electron chi connectivity index (χ3n) is 5.72. The van der Waals surface area contributed by atoms with Crippen molar-refractivity contribution in [1.82, 2.24) is 9.78 Å². The van der Waals surface area contributed by atoms with Gasteiger partial charge in [-0.05, 0) is 18.9 Å². The number of H-pyrrole nitrogens is 1. The lowest BCUT2D eigenvalue weighted by Crippen LogP contribution is -2.20. The average molecular weight is 402 g/mol.